The zero-order valence-corrected chi connectivity index (χ0v) is 6.90. The third kappa shape index (κ3) is 4.19. The first kappa shape index (κ1) is 13.6. The second-order valence-electron chi connectivity index (χ2n) is 2.33. The molecule has 0 aliphatic carbocycles. The van der Waals surface area contributed by atoms with Crippen LogP contribution < -0.4 is 5.73 Å². The van der Waals surface area contributed by atoms with Crippen molar-refractivity contribution in [3.63, 3.8) is 0 Å². The standard InChI is InChI=1S/C9H9NO3.Ca.2H/c10-6-8(11)13-9(12)7-4-2-1-3-5-7;;;/h1-5H,6,10H2;;;. The van der Waals surface area contributed by atoms with Crippen LogP contribution in [0, 0.1) is 0 Å². The molecule has 1 aromatic rings. The predicted octanol–water partition coefficient (Wildman–Crippen LogP) is -0.588. The number of rotatable bonds is 2. The molecule has 0 bridgehead atoms. The van der Waals surface area contributed by atoms with Crippen LogP contribution >= 0.6 is 0 Å². The number of hydrogen-bond donors (Lipinski definition) is 1. The van der Waals surface area contributed by atoms with Gasteiger partial charge >= 0.3 is 49.7 Å². The van der Waals surface area contributed by atoms with Crippen LogP contribution in [0.2, 0.25) is 0 Å². The first-order chi connectivity index (χ1) is 6.24. The fourth-order valence-electron chi connectivity index (χ4n) is 0.778. The van der Waals surface area contributed by atoms with E-state index in [-0.39, 0.29) is 44.3 Å². The second kappa shape index (κ2) is 6.95. The van der Waals surface area contributed by atoms with Gasteiger partial charge < -0.3 is 10.5 Å². The molecule has 5 heteroatoms. The zero-order valence-electron chi connectivity index (χ0n) is 6.90. The van der Waals surface area contributed by atoms with Crippen LogP contribution in [-0.4, -0.2) is 56.2 Å². The minimum absolute atomic E-state index is 0. The summed E-state index contributed by atoms with van der Waals surface area (Å²) in [6, 6.07) is 8.26. The topological polar surface area (TPSA) is 69.4 Å². The normalized spacial score (nSPS) is 8.64. The molecule has 2 N–H and O–H groups in total. The maximum atomic E-state index is 11.1. The van der Waals surface area contributed by atoms with Crippen molar-refractivity contribution in [3.05, 3.63) is 35.9 Å². The SMILES string of the molecule is NCC(=O)OC(=O)c1ccccc1.[CaH2]. The molecule has 1 rings (SSSR count). The average Bonchev–Trinajstić information content (AvgIpc) is 2.19. The fraction of sp³-hybridized carbons (Fsp3) is 0.111. The van der Waals surface area contributed by atoms with E-state index in [0.717, 1.165) is 0 Å². The third-order valence-electron chi connectivity index (χ3n) is 1.38. The van der Waals surface area contributed by atoms with Crippen LogP contribution in [0.3, 0.4) is 0 Å². The molecule has 0 saturated carbocycles. The molecular weight excluding hydrogens is 210 g/mol. The summed E-state index contributed by atoms with van der Waals surface area (Å²) < 4.78 is 4.38. The molecule has 0 unspecified atom stereocenters. The Bertz CT molecular complexity index is 313. The summed E-state index contributed by atoms with van der Waals surface area (Å²) in [6.45, 7) is -0.293. The van der Waals surface area contributed by atoms with Crippen molar-refractivity contribution >= 4 is 49.7 Å². The van der Waals surface area contributed by atoms with Gasteiger partial charge in [0.25, 0.3) is 0 Å². The van der Waals surface area contributed by atoms with Gasteiger partial charge in [0, 0.05) is 0 Å². The number of carbonyl (C=O) groups is 2. The van der Waals surface area contributed by atoms with Crippen LogP contribution in [-0.2, 0) is 9.53 Å². The maximum absolute atomic E-state index is 11.1. The van der Waals surface area contributed by atoms with Gasteiger partial charge in [0.2, 0.25) is 0 Å². The Kier molecular flexibility index (Phi) is 6.74. The van der Waals surface area contributed by atoms with Crippen LogP contribution in [0.15, 0.2) is 30.3 Å². The zero-order chi connectivity index (χ0) is 9.68. The van der Waals surface area contributed by atoms with Crippen molar-refractivity contribution in [2.75, 3.05) is 6.54 Å². The number of ether oxygens (including phenoxy) is 1. The first-order valence-electron chi connectivity index (χ1n) is 3.74. The minimum atomic E-state index is -0.728. The van der Waals surface area contributed by atoms with Crippen molar-refractivity contribution in [2.24, 2.45) is 5.73 Å². The molecule has 4 nitrogen and oxygen atoms in total. The van der Waals surface area contributed by atoms with E-state index < -0.39 is 11.9 Å². The van der Waals surface area contributed by atoms with Gasteiger partial charge in [-0.1, -0.05) is 18.2 Å². The molecule has 0 aliphatic heterocycles. The summed E-state index contributed by atoms with van der Waals surface area (Å²) in [4.78, 5) is 21.7. The number of esters is 2. The van der Waals surface area contributed by atoms with Gasteiger partial charge in [0.05, 0.1) is 12.1 Å². The molecule has 0 aromatic heterocycles. The van der Waals surface area contributed by atoms with Crippen LogP contribution in [0.5, 0.6) is 0 Å². The van der Waals surface area contributed by atoms with E-state index >= 15 is 0 Å². The first-order valence-corrected chi connectivity index (χ1v) is 3.74. The van der Waals surface area contributed by atoms with E-state index in [9.17, 15) is 9.59 Å². The Morgan fingerprint density at radius 2 is 1.79 bits per heavy atom. The molecule has 14 heavy (non-hydrogen) atoms. The number of nitrogens with two attached hydrogens (primary N) is 1. The van der Waals surface area contributed by atoms with Gasteiger partial charge in [0.15, 0.2) is 0 Å². The van der Waals surface area contributed by atoms with E-state index in [0.29, 0.717) is 5.56 Å². The van der Waals surface area contributed by atoms with Gasteiger partial charge in [-0.25, -0.2) is 4.79 Å². The number of carbonyl (C=O) groups excluding carboxylic acids is 2. The van der Waals surface area contributed by atoms with Crippen molar-refractivity contribution in [3.8, 4) is 0 Å². The van der Waals surface area contributed by atoms with Gasteiger partial charge in [-0.2, -0.15) is 0 Å². The molecule has 0 aliphatic rings. The summed E-state index contributed by atoms with van der Waals surface area (Å²) in [7, 11) is 0. The Balaban J connectivity index is 0.00000169. The van der Waals surface area contributed by atoms with E-state index in [1.54, 1.807) is 30.3 Å². The van der Waals surface area contributed by atoms with Crippen molar-refractivity contribution in [1.29, 1.82) is 0 Å². The van der Waals surface area contributed by atoms with Crippen LogP contribution in [0.4, 0.5) is 0 Å². The van der Waals surface area contributed by atoms with E-state index in [4.69, 9.17) is 5.73 Å². The number of hydrogen-bond acceptors (Lipinski definition) is 4. The third-order valence-corrected chi connectivity index (χ3v) is 1.38. The summed E-state index contributed by atoms with van der Waals surface area (Å²) in [5.41, 5.74) is 5.31. The molecule has 1 aromatic carbocycles. The fourth-order valence-corrected chi connectivity index (χ4v) is 0.778. The molecule has 0 amide bonds. The molecule has 0 atom stereocenters. The Morgan fingerprint density at radius 3 is 2.29 bits per heavy atom. The molecule has 0 saturated heterocycles. The van der Waals surface area contributed by atoms with E-state index in [1.165, 1.54) is 0 Å². The summed E-state index contributed by atoms with van der Waals surface area (Å²) in [6.07, 6.45) is 0. The van der Waals surface area contributed by atoms with Crippen molar-refractivity contribution in [2.45, 2.75) is 0 Å². The Hall–Kier alpha value is -0.420. The average molecular weight is 221 g/mol. The predicted molar refractivity (Wildman–Crippen MR) is 54.5 cm³/mol. The summed E-state index contributed by atoms with van der Waals surface area (Å²) in [5.74, 6) is -1.40. The Morgan fingerprint density at radius 1 is 1.21 bits per heavy atom. The van der Waals surface area contributed by atoms with Crippen LogP contribution in [0.25, 0.3) is 0 Å². The summed E-state index contributed by atoms with van der Waals surface area (Å²) in [5, 5.41) is 0. The monoisotopic (exact) mass is 221 g/mol. The molecular formula is C9H11CaNO3. The molecule has 0 spiro atoms. The van der Waals surface area contributed by atoms with Gasteiger partial charge in [0.1, 0.15) is 0 Å². The van der Waals surface area contributed by atoms with Gasteiger partial charge in [-0.15, -0.1) is 0 Å². The molecule has 72 valence electrons. The van der Waals surface area contributed by atoms with E-state index in [2.05, 4.69) is 4.74 Å². The quantitative estimate of drug-likeness (QED) is 0.412. The second-order valence-corrected chi connectivity index (χ2v) is 2.33. The van der Waals surface area contributed by atoms with E-state index in [1.807, 2.05) is 0 Å². The van der Waals surface area contributed by atoms with Gasteiger partial charge in [-0.05, 0) is 12.1 Å². The Labute approximate surface area is 111 Å². The van der Waals surface area contributed by atoms with Crippen LogP contribution in [0.1, 0.15) is 10.4 Å². The molecule has 0 radical (unpaired) electrons. The molecule has 0 heterocycles. The summed E-state index contributed by atoms with van der Waals surface area (Å²) >= 11 is 0. The van der Waals surface area contributed by atoms with Crippen molar-refractivity contribution < 1.29 is 14.3 Å². The van der Waals surface area contributed by atoms with Gasteiger partial charge in [-0.3, -0.25) is 4.79 Å². The number of benzene rings is 1. The van der Waals surface area contributed by atoms with Crippen molar-refractivity contribution in [1.82, 2.24) is 0 Å². The molecule has 0 fully saturated rings.